The molecule has 0 bridgehead atoms. The van der Waals surface area contributed by atoms with Crippen LogP contribution in [0, 0.1) is 3.57 Å². The van der Waals surface area contributed by atoms with Crippen LogP contribution in [0.4, 0.5) is 5.69 Å². The van der Waals surface area contributed by atoms with E-state index in [1.807, 2.05) is 13.0 Å². The number of hydrogen-bond acceptors (Lipinski definition) is 5. The molecule has 3 N–H and O–H groups in total. The first-order chi connectivity index (χ1) is 11.6. The molecule has 7 heteroatoms. The molecular formula is C17H18IN3O3. The van der Waals surface area contributed by atoms with Crippen LogP contribution in [0.1, 0.15) is 22.8 Å². The van der Waals surface area contributed by atoms with Crippen LogP contribution in [-0.2, 0) is 0 Å². The molecule has 24 heavy (non-hydrogen) atoms. The average Bonchev–Trinajstić information content (AvgIpc) is 2.55. The van der Waals surface area contributed by atoms with Gasteiger partial charge >= 0.3 is 0 Å². The number of hydrogen-bond donors (Lipinski definition) is 2. The third-order valence-corrected chi connectivity index (χ3v) is 3.92. The highest BCUT2D eigenvalue weighted by atomic mass is 127. The van der Waals surface area contributed by atoms with Gasteiger partial charge in [0.15, 0.2) is 11.5 Å². The Labute approximate surface area is 154 Å². The van der Waals surface area contributed by atoms with Crippen molar-refractivity contribution in [3.05, 3.63) is 51.1 Å². The summed E-state index contributed by atoms with van der Waals surface area (Å²) in [5, 5.41) is 3.98. The van der Waals surface area contributed by atoms with Crippen LogP contribution in [0.5, 0.6) is 11.5 Å². The number of methoxy groups -OCH3 is 1. The second-order valence-corrected chi connectivity index (χ2v) is 5.92. The molecule has 0 aliphatic rings. The molecule has 6 nitrogen and oxygen atoms in total. The van der Waals surface area contributed by atoms with Gasteiger partial charge in [0.2, 0.25) is 0 Å². The van der Waals surface area contributed by atoms with Crippen LogP contribution >= 0.6 is 22.6 Å². The molecule has 0 fully saturated rings. The maximum absolute atomic E-state index is 12.0. The fourth-order valence-corrected chi connectivity index (χ4v) is 2.90. The number of benzene rings is 2. The van der Waals surface area contributed by atoms with E-state index in [0.717, 1.165) is 9.13 Å². The third-order valence-electron chi connectivity index (χ3n) is 3.12. The maximum atomic E-state index is 12.0. The first-order valence-electron chi connectivity index (χ1n) is 7.25. The van der Waals surface area contributed by atoms with Gasteiger partial charge in [0.05, 0.1) is 29.1 Å². The van der Waals surface area contributed by atoms with Crippen molar-refractivity contribution in [2.75, 3.05) is 19.5 Å². The number of ether oxygens (including phenoxy) is 2. The van der Waals surface area contributed by atoms with Crippen molar-refractivity contribution in [1.29, 1.82) is 0 Å². The number of hydrazone groups is 1. The van der Waals surface area contributed by atoms with Gasteiger partial charge in [-0.15, -0.1) is 0 Å². The highest BCUT2D eigenvalue weighted by Crippen LogP contribution is 2.33. The van der Waals surface area contributed by atoms with Gasteiger partial charge < -0.3 is 15.2 Å². The van der Waals surface area contributed by atoms with E-state index in [1.54, 1.807) is 43.7 Å². The lowest BCUT2D eigenvalue weighted by molar-refractivity contribution is 0.0956. The minimum Gasteiger partial charge on any atom is -0.492 e. The van der Waals surface area contributed by atoms with Gasteiger partial charge in [0, 0.05) is 5.69 Å². The van der Waals surface area contributed by atoms with Crippen LogP contribution in [-0.4, -0.2) is 25.8 Å². The number of nitrogens with two attached hydrogens (primary N) is 1. The summed E-state index contributed by atoms with van der Waals surface area (Å²) in [4.78, 5) is 12.0. The highest BCUT2D eigenvalue weighted by molar-refractivity contribution is 14.1. The van der Waals surface area contributed by atoms with Gasteiger partial charge in [-0.2, -0.15) is 5.10 Å². The monoisotopic (exact) mass is 439 g/mol. The zero-order valence-corrected chi connectivity index (χ0v) is 15.5. The van der Waals surface area contributed by atoms with Crippen LogP contribution < -0.4 is 20.6 Å². The number of rotatable bonds is 6. The van der Waals surface area contributed by atoms with Crippen LogP contribution in [0.2, 0.25) is 0 Å². The van der Waals surface area contributed by atoms with E-state index in [-0.39, 0.29) is 5.91 Å². The van der Waals surface area contributed by atoms with Crippen molar-refractivity contribution < 1.29 is 14.3 Å². The Bertz CT molecular complexity index is 763. The quantitative estimate of drug-likeness (QED) is 0.314. The number of para-hydroxylation sites is 1. The molecule has 0 atom stereocenters. The molecule has 2 aromatic carbocycles. The standard InChI is InChI=1S/C17H18IN3O3/c1-3-24-15-9-11(8-13(18)16(15)23-2)10-20-21-17(22)12-6-4-5-7-14(12)19/h4-10H,3,19H2,1-2H3,(H,21,22)/b20-10-. The van der Waals surface area contributed by atoms with Crippen LogP contribution in [0.3, 0.4) is 0 Å². The summed E-state index contributed by atoms with van der Waals surface area (Å²) in [5.74, 6) is 0.945. The molecule has 0 heterocycles. The van der Waals surface area contributed by atoms with Crippen molar-refractivity contribution in [2.24, 2.45) is 5.10 Å². The van der Waals surface area contributed by atoms with Crippen LogP contribution in [0.15, 0.2) is 41.5 Å². The summed E-state index contributed by atoms with van der Waals surface area (Å²) >= 11 is 2.16. The van der Waals surface area contributed by atoms with Crippen molar-refractivity contribution in [3.63, 3.8) is 0 Å². The summed E-state index contributed by atoms with van der Waals surface area (Å²) < 4.78 is 11.8. The molecule has 1 amide bonds. The molecule has 126 valence electrons. The molecule has 2 aromatic rings. The number of halogens is 1. The second-order valence-electron chi connectivity index (χ2n) is 4.75. The normalized spacial score (nSPS) is 10.6. The number of anilines is 1. The summed E-state index contributed by atoms with van der Waals surface area (Å²) in [6.07, 6.45) is 1.54. The Hall–Kier alpha value is -2.29. The highest BCUT2D eigenvalue weighted by Gasteiger charge is 2.11. The Morgan fingerprint density at radius 3 is 2.79 bits per heavy atom. The number of nitrogens with zero attached hydrogens (tertiary/aromatic N) is 1. The Morgan fingerprint density at radius 1 is 1.38 bits per heavy atom. The summed E-state index contributed by atoms with van der Waals surface area (Å²) in [6.45, 7) is 2.43. The molecular weight excluding hydrogens is 421 g/mol. The fourth-order valence-electron chi connectivity index (χ4n) is 2.05. The van der Waals surface area contributed by atoms with E-state index in [0.29, 0.717) is 29.4 Å². The van der Waals surface area contributed by atoms with Gasteiger partial charge in [-0.05, 0) is 59.3 Å². The molecule has 2 rings (SSSR count). The number of carbonyl (C=O) groups excluding carboxylic acids is 1. The topological polar surface area (TPSA) is 85.9 Å². The zero-order valence-electron chi connectivity index (χ0n) is 13.4. The number of nitrogen functional groups attached to an aromatic ring is 1. The van der Waals surface area contributed by atoms with E-state index in [9.17, 15) is 4.79 Å². The van der Waals surface area contributed by atoms with E-state index in [4.69, 9.17) is 15.2 Å². The Balaban J connectivity index is 2.14. The van der Waals surface area contributed by atoms with Crippen LogP contribution in [0.25, 0.3) is 0 Å². The Kier molecular flexibility index (Phi) is 6.42. The lowest BCUT2D eigenvalue weighted by atomic mass is 10.2. The zero-order chi connectivity index (χ0) is 17.5. The van der Waals surface area contributed by atoms with Gasteiger partial charge in [-0.25, -0.2) is 5.43 Å². The number of nitrogens with one attached hydrogen (secondary N) is 1. The third kappa shape index (κ3) is 4.38. The number of amides is 1. The SMILES string of the molecule is CCOc1cc(/C=N\NC(=O)c2ccccc2N)cc(I)c1OC. The smallest absolute Gasteiger partial charge is 0.273 e. The lowest BCUT2D eigenvalue weighted by Gasteiger charge is -2.11. The largest absolute Gasteiger partial charge is 0.492 e. The predicted molar refractivity (Wildman–Crippen MR) is 103 cm³/mol. The first-order valence-corrected chi connectivity index (χ1v) is 8.33. The van der Waals surface area contributed by atoms with Crippen molar-refractivity contribution in [3.8, 4) is 11.5 Å². The summed E-state index contributed by atoms with van der Waals surface area (Å²) in [5.41, 5.74) is 9.80. The Morgan fingerprint density at radius 2 is 2.12 bits per heavy atom. The van der Waals surface area contributed by atoms with Gasteiger partial charge in [-0.1, -0.05) is 12.1 Å². The van der Waals surface area contributed by atoms with E-state index in [1.165, 1.54) is 0 Å². The number of carbonyl (C=O) groups is 1. The minimum atomic E-state index is -0.363. The first kappa shape index (κ1) is 18.1. The molecule has 0 spiro atoms. The minimum absolute atomic E-state index is 0.363. The van der Waals surface area contributed by atoms with Gasteiger partial charge in [0.25, 0.3) is 5.91 Å². The average molecular weight is 439 g/mol. The van der Waals surface area contributed by atoms with Crippen molar-refractivity contribution in [2.45, 2.75) is 6.92 Å². The molecule has 0 aromatic heterocycles. The lowest BCUT2D eigenvalue weighted by Crippen LogP contribution is -2.19. The van der Waals surface area contributed by atoms with E-state index >= 15 is 0 Å². The van der Waals surface area contributed by atoms with Crippen molar-refractivity contribution >= 4 is 40.4 Å². The van der Waals surface area contributed by atoms with Gasteiger partial charge in [0.1, 0.15) is 0 Å². The molecule has 0 aliphatic carbocycles. The molecule has 0 unspecified atom stereocenters. The predicted octanol–water partition coefficient (Wildman–Crippen LogP) is 3.04. The molecule has 0 saturated heterocycles. The molecule has 0 saturated carbocycles. The maximum Gasteiger partial charge on any atom is 0.273 e. The molecule has 0 radical (unpaired) electrons. The fraction of sp³-hybridized carbons (Fsp3) is 0.176. The van der Waals surface area contributed by atoms with E-state index in [2.05, 4.69) is 33.1 Å². The van der Waals surface area contributed by atoms with Crippen molar-refractivity contribution in [1.82, 2.24) is 5.43 Å². The van der Waals surface area contributed by atoms with E-state index < -0.39 is 0 Å². The van der Waals surface area contributed by atoms with Gasteiger partial charge in [-0.3, -0.25) is 4.79 Å². The summed E-state index contributed by atoms with van der Waals surface area (Å²) in [6, 6.07) is 10.5. The summed E-state index contributed by atoms with van der Waals surface area (Å²) in [7, 11) is 1.60. The molecule has 0 aliphatic heterocycles. The second kappa shape index (κ2) is 8.53.